The average Bonchev–Trinajstić information content (AvgIpc) is 2.09. The van der Waals surface area contributed by atoms with Crippen LogP contribution in [0.2, 0.25) is 0 Å². The second-order valence-corrected chi connectivity index (χ2v) is 5.51. The molecular weight excluding hydrogens is 222 g/mol. The van der Waals surface area contributed by atoms with Crippen molar-refractivity contribution in [2.75, 3.05) is 12.0 Å². The van der Waals surface area contributed by atoms with Crippen molar-refractivity contribution in [3.05, 3.63) is 0 Å². The summed E-state index contributed by atoms with van der Waals surface area (Å²) in [4.78, 5) is 21.7. The standard InChI is InChI=1S/C8H15NO5S/c1-3-6(8(11)12)9-7(10)4-5-15(2,13)14/h6H,3-5H2,1-2H3,(H,9,10)(H,11,12)/t6-/m1/s1. The number of carboxylic acid groups (broad SMARTS) is 1. The summed E-state index contributed by atoms with van der Waals surface area (Å²) >= 11 is 0. The van der Waals surface area contributed by atoms with Crippen molar-refractivity contribution in [1.29, 1.82) is 0 Å². The fraction of sp³-hybridized carbons (Fsp3) is 0.750. The van der Waals surface area contributed by atoms with Crippen LogP contribution in [0.1, 0.15) is 19.8 Å². The Morgan fingerprint density at radius 3 is 2.27 bits per heavy atom. The molecule has 6 nitrogen and oxygen atoms in total. The van der Waals surface area contributed by atoms with Gasteiger partial charge in [-0.2, -0.15) is 0 Å². The fourth-order valence-corrected chi connectivity index (χ4v) is 1.44. The van der Waals surface area contributed by atoms with E-state index in [1.54, 1.807) is 6.92 Å². The van der Waals surface area contributed by atoms with Crippen LogP contribution in [0.5, 0.6) is 0 Å². The SMILES string of the molecule is CC[C@@H](NC(=O)CCS(C)(=O)=O)C(=O)O. The summed E-state index contributed by atoms with van der Waals surface area (Å²) in [5.41, 5.74) is 0. The van der Waals surface area contributed by atoms with Crippen LogP contribution in [-0.4, -0.2) is 43.5 Å². The Morgan fingerprint density at radius 1 is 1.40 bits per heavy atom. The Bertz CT molecular complexity index is 335. The molecule has 1 amide bonds. The summed E-state index contributed by atoms with van der Waals surface area (Å²) in [7, 11) is -3.19. The smallest absolute Gasteiger partial charge is 0.326 e. The molecule has 7 heteroatoms. The molecule has 0 saturated carbocycles. The van der Waals surface area contributed by atoms with E-state index in [0.717, 1.165) is 6.26 Å². The first kappa shape index (κ1) is 13.9. The summed E-state index contributed by atoms with van der Waals surface area (Å²) in [6.07, 6.45) is 1.08. The lowest BCUT2D eigenvalue weighted by atomic mass is 10.2. The van der Waals surface area contributed by atoms with E-state index in [1.807, 2.05) is 0 Å². The van der Waals surface area contributed by atoms with E-state index >= 15 is 0 Å². The number of rotatable bonds is 6. The van der Waals surface area contributed by atoms with Crippen molar-refractivity contribution in [2.24, 2.45) is 0 Å². The number of hydrogen-bond donors (Lipinski definition) is 2. The summed E-state index contributed by atoms with van der Waals surface area (Å²) in [5.74, 6) is -1.95. The molecule has 0 unspecified atom stereocenters. The second kappa shape index (κ2) is 5.69. The van der Waals surface area contributed by atoms with Gasteiger partial charge in [0.05, 0.1) is 5.75 Å². The van der Waals surface area contributed by atoms with Crippen LogP contribution in [-0.2, 0) is 19.4 Å². The fourth-order valence-electron chi connectivity index (χ4n) is 0.883. The zero-order chi connectivity index (χ0) is 12.1. The Labute approximate surface area is 88.6 Å². The molecular formula is C8H15NO5S. The average molecular weight is 237 g/mol. The van der Waals surface area contributed by atoms with Crippen LogP contribution in [0.4, 0.5) is 0 Å². The largest absolute Gasteiger partial charge is 0.480 e. The van der Waals surface area contributed by atoms with Crippen LogP contribution >= 0.6 is 0 Å². The van der Waals surface area contributed by atoms with Crippen molar-refractivity contribution in [3.8, 4) is 0 Å². The highest BCUT2D eigenvalue weighted by molar-refractivity contribution is 7.90. The van der Waals surface area contributed by atoms with Crippen molar-refractivity contribution < 1.29 is 23.1 Å². The lowest BCUT2D eigenvalue weighted by Gasteiger charge is -2.11. The molecule has 0 spiro atoms. The van der Waals surface area contributed by atoms with Gasteiger partial charge in [-0.05, 0) is 6.42 Å². The molecule has 2 N–H and O–H groups in total. The van der Waals surface area contributed by atoms with E-state index < -0.39 is 27.8 Å². The van der Waals surface area contributed by atoms with Gasteiger partial charge in [-0.15, -0.1) is 0 Å². The van der Waals surface area contributed by atoms with Crippen LogP contribution in [0.15, 0.2) is 0 Å². The number of hydrogen-bond acceptors (Lipinski definition) is 4. The number of nitrogens with one attached hydrogen (secondary N) is 1. The first-order valence-corrected chi connectivity index (χ1v) is 6.52. The van der Waals surface area contributed by atoms with Gasteiger partial charge >= 0.3 is 5.97 Å². The predicted molar refractivity (Wildman–Crippen MR) is 54.2 cm³/mol. The molecule has 0 bridgehead atoms. The number of carbonyl (C=O) groups is 2. The monoisotopic (exact) mass is 237 g/mol. The van der Waals surface area contributed by atoms with Gasteiger partial charge in [0.1, 0.15) is 15.9 Å². The zero-order valence-electron chi connectivity index (χ0n) is 8.69. The quantitative estimate of drug-likeness (QED) is 0.642. The van der Waals surface area contributed by atoms with Gasteiger partial charge in [-0.3, -0.25) is 4.79 Å². The van der Waals surface area contributed by atoms with E-state index in [2.05, 4.69) is 5.32 Å². The minimum absolute atomic E-state index is 0.206. The number of sulfone groups is 1. The highest BCUT2D eigenvalue weighted by Crippen LogP contribution is 1.94. The summed E-state index contributed by atoms with van der Waals surface area (Å²) < 4.78 is 21.5. The Hall–Kier alpha value is -1.11. The number of carboxylic acids is 1. The topological polar surface area (TPSA) is 101 Å². The van der Waals surface area contributed by atoms with E-state index in [4.69, 9.17) is 5.11 Å². The molecule has 0 heterocycles. The molecule has 0 rings (SSSR count). The van der Waals surface area contributed by atoms with Crippen molar-refractivity contribution in [3.63, 3.8) is 0 Å². The maximum absolute atomic E-state index is 11.1. The second-order valence-electron chi connectivity index (χ2n) is 3.25. The van der Waals surface area contributed by atoms with Crippen molar-refractivity contribution in [2.45, 2.75) is 25.8 Å². The van der Waals surface area contributed by atoms with Gasteiger partial charge in [-0.25, -0.2) is 13.2 Å². The van der Waals surface area contributed by atoms with Crippen LogP contribution in [0.3, 0.4) is 0 Å². The molecule has 0 aromatic carbocycles. The van der Waals surface area contributed by atoms with E-state index in [0.29, 0.717) is 0 Å². The van der Waals surface area contributed by atoms with E-state index in [-0.39, 0.29) is 18.6 Å². The molecule has 0 aliphatic rings. The molecule has 0 saturated heterocycles. The van der Waals surface area contributed by atoms with E-state index in [9.17, 15) is 18.0 Å². The first-order chi connectivity index (χ1) is 6.76. The minimum atomic E-state index is -3.19. The summed E-state index contributed by atoms with van der Waals surface area (Å²) in [6, 6.07) is -0.947. The molecule has 0 fully saturated rings. The van der Waals surface area contributed by atoms with Gasteiger partial charge in [0.25, 0.3) is 0 Å². The van der Waals surface area contributed by atoms with Crippen molar-refractivity contribution >= 4 is 21.7 Å². The first-order valence-electron chi connectivity index (χ1n) is 4.46. The zero-order valence-corrected chi connectivity index (χ0v) is 9.50. The van der Waals surface area contributed by atoms with Gasteiger partial charge in [0, 0.05) is 12.7 Å². The highest BCUT2D eigenvalue weighted by Gasteiger charge is 2.18. The Kier molecular flexibility index (Phi) is 5.27. The maximum Gasteiger partial charge on any atom is 0.326 e. The minimum Gasteiger partial charge on any atom is -0.480 e. The maximum atomic E-state index is 11.1. The van der Waals surface area contributed by atoms with Gasteiger partial charge in [0.15, 0.2) is 0 Å². The lowest BCUT2D eigenvalue weighted by Crippen LogP contribution is -2.40. The molecule has 0 aromatic heterocycles. The van der Waals surface area contributed by atoms with Gasteiger partial charge < -0.3 is 10.4 Å². The summed E-state index contributed by atoms with van der Waals surface area (Å²) in [6.45, 7) is 1.62. The van der Waals surface area contributed by atoms with Gasteiger partial charge in [-0.1, -0.05) is 6.92 Å². The predicted octanol–water partition coefficient (Wildman–Crippen LogP) is -0.599. The third-order valence-corrected chi connectivity index (χ3v) is 2.69. The molecule has 1 atom stereocenters. The Balaban J connectivity index is 4.09. The molecule has 15 heavy (non-hydrogen) atoms. The lowest BCUT2D eigenvalue weighted by molar-refractivity contribution is -0.141. The van der Waals surface area contributed by atoms with Gasteiger partial charge in [0.2, 0.25) is 5.91 Å². The molecule has 0 aliphatic carbocycles. The van der Waals surface area contributed by atoms with E-state index in [1.165, 1.54) is 0 Å². The highest BCUT2D eigenvalue weighted by atomic mass is 32.2. The molecule has 88 valence electrons. The number of aliphatic carboxylic acids is 1. The van der Waals surface area contributed by atoms with Crippen molar-refractivity contribution in [1.82, 2.24) is 5.32 Å². The molecule has 0 radical (unpaired) electrons. The van der Waals surface area contributed by atoms with Crippen LogP contribution in [0.25, 0.3) is 0 Å². The third kappa shape index (κ3) is 6.89. The van der Waals surface area contributed by atoms with Crippen LogP contribution < -0.4 is 5.32 Å². The Morgan fingerprint density at radius 2 is 1.93 bits per heavy atom. The molecule has 0 aliphatic heterocycles. The molecule has 0 aromatic rings. The number of amides is 1. The van der Waals surface area contributed by atoms with Crippen LogP contribution in [0, 0.1) is 0 Å². The normalized spacial score (nSPS) is 13.2. The number of carbonyl (C=O) groups excluding carboxylic acids is 1. The summed E-state index contributed by atoms with van der Waals surface area (Å²) in [5, 5.41) is 10.9. The third-order valence-electron chi connectivity index (χ3n) is 1.74.